The molecule has 0 saturated carbocycles. The first-order valence-corrected chi connectivity index (χ1v) is 9.10. The number of hydrogen-bond acceptors (Lipinski definition) is 6. The fraction of sp³-hybridized carbons (Fsp3) is 0.167. The Bertz CT molecular complexity index is 781. The Morgan fingerprint density at radius 1 is 1.35 bits per heavy atom. The van der Waals surface area contributed by atoms with Crippen LogP contribution in [0.2, 0.25) is 0 Å². The van der Waals surface area contributed by atoms with Crippen molar-refractivity contribution in [2.45, 2.75) is 16.2 Å². The number of para-hydroxylation sites is 1. The Balaban J connectivity index is 1.81. The van der Waals surface area contributed by atoms with Gasteiger partial charge in [0.1, 0.15) is 10.7 Å². The third-order valence-corrected chi connectivity index (χ3v) is 6.13. The van der Waals surface area contributed by atoms with E-state index in [1.165, 1.54) is 11.8 Å². The molecule has 1 aliphatic heterocycles. The van der Waals surface area contributed by atoms with Crippen LogP contribution in [0, 0.1) is 6.92 Å². The largest absolute Gasteiger partial charge is 0.341 e. The van der Waals surface area contributed by atoms with Gasteiger partial charge in [0.2, 0.25) is 0 Å². The number of aromatic nitrogens is 1. The molecule has 0 saturated heterocycles. The van der Waals surface area contributed by atoms with E-state index in [4.69, 9.17) is 0 Å². The monoisotopic (exact) mass is 325 g/mol. The lowest BCUT2D eigenvalue weighted by molar-refractivity contribution is 0.598. The van der Waals surface area contributed by atoms with Gasteiger partial charge in [-0.05, 0) is 19.1 Å². The van der Waals surface area contributed by atoms with Gasteiger partial charge in [0.25, 0.3) is 10.0 Å². The van der Waals surface area contributed by atoms with E-state index >= 15 is 0 Å². The zero-order valence-electron chi connectivity index (χ0n) is 10.5. The highest BCUT2D eigenvalue weighted by molar-refractivity contribution is 8.01. The Morgan fingerprint density at radius 3 is 2.90 bits per heavy atom. The highest BCUT2D eigenvalue weighted by Crippen LogP contribution is 2.29. The molecule has 0 amide bonds. The summed E-state index contributed by atoms with van der Waals surface area (Å²) in [5.41, 5.74) is 1.54. The second kappa shape index (κ2) is 5.19. The molecule has 0 fully saturated rings. The molecule has 0 aliphatic carbocycles. The molecule has 0 atom stereocenters. The zero-order valence-corrected chi connectivity index (χ0v) is 13.0. The van der Waals surface area contributed by atoms with Crippen LogP contribution in [0.5, 0.6) is 0 Å². The third kappa shape index (κ3) is 2.72. The first-order chi connectivity index (χ1) is 9.54. The highest BCUT2D eigenvalue weighted by Gasteiger charge is 2.24. The maximum atomic E-state index is 12.0. The van der Waals surface area contributed by atoms with Crippen LogP contribution in [0.15, 0.2) is 43.3 Å². The Morgan fingerprint density at radius 2 is 2.15 bits per heavy atom. The number of thiazole rings is 1. The number of aryl methyl sites for hydroxylation is 1. The van der Waals surface area contributed by atoms with Gasteiger partial charge in [-0.25, -0.2) is 4.98 Å². The van der Waals surface area contributed by atoms with Crippen molar-refractivity contribution in [3.8, 4) is 0 Å². The van der Waals surface area contributed by atoms with Crippen molar-refractivity contribution < 1.29 is 8.42 Å². The standard InChI is InChI=1S/C12H11N3O2S3/c1-8-6-18-12(13-8)19-7-11-14-9-4-2-3-5-10(9)20(16,17)15-11/h2-6H,7H2,1H3,(H,14,15). The fourth-order valence-electron chi connectivity index (χ4n) is 1.76. The van der Waals surface area contributed by atoms with E-state index in [2.05, 4.69) is 14.7 Å². The average Bonchev–Trinajstić information content (AvgIpc) is 2.82. The molecular weight excluding hydrogens is 314 g/mol. The number of thioether (sulfide) groups is 1. The Hall–Kier alpha value is -1.38. The number of nitrogens with one attached hydrogen (secondary N) is 1. The fourth-order valence-corrected chi connectivity index (χ4v) is 4.71. The van der Waals surface area contributed by atoms with E-state index in [0.717, 1.165) is 10.0 Å². The van der Waals surface area contributed by atoms with Crippen molar-refractivity contribution in [3.05, 3.63) is 35.3 Å². The van der Waals surface area contributed by atoms with Crippen LogP contribution in [0.1, 0.15) is 5.69 Å². The first kappa shape index (κ1) is 13.6. The molecular formula is C12H11N3O2S3. The minimum absolute atomic E-state index is 0.221. The average molecular weight is 325 g/mol. The molecule has 0 unspecified atom stereocenters. The number of rotatable bonds is 3. The van der Waals surface area contributed by atoms with Gasteiger partial charge in [-0.1, -0.05) is 23.9 Å². The summed E-state index contributed by atoms with van der Waals surface area (Å²) in [6, 6.07) is 6.77. The molecule has 0 bridgehead atoms. The molecule has 104 valence electrons. The van der Waals surface area contributed by atoms with Crippen molar-refractivity contribution in [2.24, 2.45) is 4.40 Å². The number of hydrogen-bond donors (Lipinski definition) is 1. The molecule has 1 N–H and O–H groups in total. The van der Waals surface area contributed by atoms with Crippen molar-refractivity contribution in [3.63, 3.8) is 0 Å². The Kier molecular flexibility index (Phi) is 3.53. The SMILES string of the molecule is Cc1csc(SCC2=NS(=O)(=O)c3ccccc3N2)n1. The summed E-state index contributed by atoms with van der Waals surface area (Å²) in [5, 5.41) is 5.02. The van der Waals surface area contributed by atoms with Crippen molar-refractivity contribution in [2.75, 3.05) is 11.1 Å². The number of nitrogens with zero attached hydrogens (tertiary/aromatic N) is 2. The van der Waals surface area contributed by atoms with Crippen LogP contribution >= 0.6 is 23.1 Å². The number of anilines is 1. The van der Waals surface area contributed by atoms with Crippen LogP contribution < -0.4 is 5.32 Å². The summed E-state index contributed by atoms with van der Waals surface area (Å²) >= 11 is 3.02. The summed E-state index contributed by atoms with van der Waals surface area (Å²) in [7, 11) is -3.60. The first-order valence-electron chi connectivity index (χ1n) is 5.79. The van der Waals surface area contributed by atoms with Gasteiger partial charge in [0, 0.05) is 11.1 Å². The second-order valence-electron chi connectivity index (χ2n) is 4.18. The molecule has 1 aromatic carbocycles. The maximum Gasteiger partial charge on any atom is 0.286 e. The number of sulfonamides is 1. The lowest BCUT2D eigenvalue weighted by Crippen LogP contribution is -2.23. The minimum Gasteiger partial charge on any atom is -0.341 e. The van der Waals surface area contributed by atoms with E-state index in [1.807, 2.05) is 12.3 Å². The smallest absolute Gasteiger partial charge is 0.286 e. The van der Waals surface area contributed by atoms with Crippen molar-refractivity contribution in [1.82, 2.24) is 4.98 Å². The summed E-state index contributed by atoms with van der Waals surface area (Å²) in [6.07, 6.45) is 0. The predicted molar refractivity (Wildman–Crippen MR) is 82.3 cm³/mol. The molecule has 0 radical (unpaired) electrons. The molecule has 3 rings (SSSR count). The molecule has 2 heterocycles. The quantitative estimate of drug-likeness (QED) is 0.879. The summed E-state index contributed by atoms with van der Waals surface area (Å²) < 4.78 is 28.8. The summed E-state index contributed by atoms with van der Waals surface area (Å²) in [5.74, 6) is 0.877. The number of amidine groups is 1. The van der Waals surface area contributed by atoms with E-state index in [-0.39, 0.29) is 4.90 Å². The van der Waals surface area contributed by atoms with Gasteiger partial charge in [0.15, 0.2) is 4.34 Å². The van der Waals surface area contributed by atoms with Crippen molar-refractivity contribution in [1.29, 1.82) is 0 Å². The third-order valence-electron chi connectivity index (χ3n) is 2.60. The van der Waals surface area contributed by atoms with E-state index in [0.29, 0.717) is 17.3 Å². The second-order valence-corrected chi connectivity index (χ2v) is 7.83. The molecule has 1 aliphatic rings. The minimum atomic E-state index is -3.60. The molecule has 0 spiro atoms. The normalized spacial score (nSPS) is 16.1. The van der Waals surface area contributed by atoms with Crippen LogP contribution in [-0.2, 0) is 10.0 Å². The number of fused-ring (bicyclic) bond motifs is 1. The molecule has 8 heteroatoms. The van der Waals surface area contributed by atoms with Gasteiger partial charge < -0.3 is 5.32 Å². The molecule has 5 nitrogen and oxygen atoms in total. The van der Waals surface area contributed by atoms with Crippen LogP contribution in [0.3, 0.4) is 0 Å². The van der Waals surface area contributed by atoms with Crippen molar-refractivity contribution >= 4 is 44.6 Å². The molecule has 1 aromatic heterocycles. The van der Waals surface area contributed by atoms with Gasteiger partial charge in [-0.3, -0.25) is 0 Å². The predicted octanol–water partition coefficient (Wildman–Crippen LogP) is 2.76. The molecule has 20 heavy (non-hydrogen) atoms. The van der Waals surface area contributed by atoms with Gasteiger partial charge in [0.05, 0.1) is 11.4 Å². The highest BCUT2D eigenvalue weighted by atomic mass is 32.2. The van der Waals surface area contributed by atoms with Crippen LogP contribution in [-0.4, -0.2) is 25.0 Å². The van der Waals surface area contributed by atoms with E-state index in [1.54, 1.807) is 35.6 Å². The Labute approximate surface area is 125 Å². The topological polar surface area (TPSA) is 71.4 Å². The summed E-state index contributed by atoms with van der Waals surface area (Å²) in [4.78, 5) is 4.55. The molecule has 2 aromatic rings. The lowest BCUT2D eigenvalue weighted by atomic mass is 10.3. The van der Waals surface area contributed by atoms with Gasteiger partial charge in [-0.15, -0.1) is 15.7 Å². The number of benzene rings is 1. The van der Waals surface area contributed by atoms with Crippen LogP contribution in [0.25, 0.3) is 0 Å². The van der Waals surface area contributed by atoms with E-state index < -0.39 is 10.0 Å². The van der Waals surface area contributed by atoms with Crippen LogP contribution in [0.4, 0.5) is 5.69 Å². The maximum absolute atomic E-state index is 12.0. The summed E-state index contributed by atoms with van der Waals surface area (Å²) in [6.45, 7) is 1.93. The van der Waals surface area contributed by atoms with Gasteiger partial charge in [-0.2, -0.15) is 8.42 Å². The van der Waals surface area contributed by atoms with Gasteiger partial charge >= 0.3 is 0 Å². The lowest BCUT2D eigenvalue weighted by Gasteiger charge is -2.17. The van der Waals surface area contributed by atoms with E-state index in [9.17, 15) is 8.42 Å². The zero-order chi connectivity index (χ0) is 14.2.